The second kappa shape index (κ2) is 7.32. The van der Waals surface area contributed by atoms with Crippen molar-refractivity contribution in [1.29, 1.82) is 0 Å². The van der Waals surface area contributed by atoms with E-state index < -0.39 is 0 Å². The minimum atomic E-state index is 0.0449. The van der Waals surface area contributed by atoms with Crippen molar-refractivity contribution < 1.29 is 9.15 Å². The van der Waals surface area contributed by atoms with Crippen molar-refractivity contribution in [2.75, 3.05) is 25.6 Å². The molecule has 0 saturated heterocycles. The van der Waals surface area contributed by atoms with Gasteiger partial charge in [-0.15, -0.1) is 16.4 Å². The van der Waals surface area contributed by atoms with Crippen LogP contribution < -0.4 is 10.6 Å². The van der Waals surface area contributed by atoms with E-state index in [1.165, 1.54) is 0 Å². The van der Waals surface area contributed by atoms with Crippen molar-refractivity contribution in [2.45, 2.75) is 26.4 Å². The van der Waals surface area contributed by atoms with Gasteiger partial charge in [0.05, 0.1) is 19.2 Å². The van der Waals surface area contributed by atoms with Gasteiger partial charge in [0.1, 0.15) is 5.01 Å². The average molecular weight is 297 g/mol. The smallest absolute Gasteiger partial charge is 0.316 e. The summed E-state index contributed by atoms with van der Waals surface area (Å²) in [6.07, 6.45) is 0. The number of thiazole rings is 1. The molecule has 0 aliphatic rings. The number of hydrogen-bond donors (Lipinski definition) is 2. The maximum Gasteiger partial charge on any atom is 0.316 e. The Balaban J connectivity index is 1.83. The number of hydrogen-bond acceptors (Lipinski definition) is 8. The van der Waals surface area contributed by atoms with E-state index >= 15 is 0 Å². The molecule has 0 radical (unpaired) electrons. The minimum absolute atomic E-state index is 0.0449. The number of aryl methyl sites for hydroxylation is 1. The third-order valence-electron chi connectivity index (χ3n) is 2.57. The maximum absolute atomic E-state index is 5.50. The Morgan fingerprint density at radius 3 is 3.00 bits per heavy atom. The molecule has 0 spiro atoms. The number of methoxy groups -OCH3 is 1. The fourth-order valence-corrected chi connectivity index (χ4v) is 2.37. The van der Waals surface area contributed by atoms with Crippen molar-refractivity contribution in [1.82, 2.24) is 20.5 Å². The first kappa shape index (κ1) is 14.9. The minimum Gasteiger partial charge on any atom is -0.407 e. The highest BCUT2D eigenvalue weighted by atomic mass is 32.1. The first-order chi connectivity index (χ1) is 9.69. The lowest BCUT2D eigenvalue weighted by Gasteiger charge is -2.07. The van der Waals surface area contributed by atoms with Gasteiger partial charge in [-0.05, 0) is 13.8 Å². The molecule has 1 atom stereocenters. The van der Waals surface area contributed by atoms with Gasteiger partial charge in [0.25, 0.3) is 0 Å². The van der Waals surface area contributed by atoms with Crippen LogP contribution in [0.25, 0.3) is 0 Å². The van der Waals surface area contributed by atoms with Gasteiger partial charge in [0.2, 0.25) is 5.89 Å². The van der Waals surface area contributed by atoms with E-state index in [1.54, 1.807) is 18.4 Å². The van der Waals surface area contributed by atoms with Crippen molar-refractivity contribution >= 4 is 17.4 Å². The predicted molar refractivity (Wildman–Crippen MR) is 76.8 cm³/mol. The van der Waals surface area contributed by atoms with E-state index in [9.17, 15) is 0 Å². The molecule has 0 aliphatic heterocycles. The Bertz CT molecular complexity index is 527. The van der Waals surface area contributed by atoms with E-state index in [4.69, 9.17) is 9.15 Å². The maximum atomic E-state index is 5.50. The van der Waals surface area contributed by atoms with Gasteiger partial charge in [-0.1, -0.05) is 5.10 Å². The Morgan fingerprint density at radius 2 is 2.30 bits per heavy atom. The van der Waals surface area contributed by atoms with Gasteiger partial charge in [-0.25, -0.2) is 4.98 Å². The van der Waals surface area contributed by atoms with Crippen LogP contribution in [0.15, 0.2) is 9.80 Å². The highest BCUT2D eigenvalue weighted by molar-refractivity contribution is 7.09. The second-order valence-electron chi connectivity index (χ2n) is 4.36. The summed E-state index contributed by atoms with van der Waals surface area (Å²) in [6.45, 7) is 5.92. The van der Waals surface area contributed by atoms with E-state index in [-0.39, 0.29) is 6.04 Å². The van der Waals surface area contributed by atoms with Gasteiger partial charge >= 0.3 is 6.01 Å². The van der Waals surface area contributed by atoms with Crippen molar-refractivity contribution in [3.63, 3.8) is 0 Å². The number of ether oxygens (including phenoxy) is 1. The SMILES string of the molecule is COCCNCc1nnc(NC(C)c2nc(C)cs2)o1. The molecule has 8 heteroatoms. The molecule has 0 saturated carbocycles. The van der Waals surface area contributed by atoms with Crippen LogP contribution in [-0.2, 0) is 11.3 Å². The first-order valence-electron chi connectivity index (χ1n) is 6.39. The molecule has 2 rings (SSSR count). The molecule has 2 aromatic rings. The number of nitrogens with one attached hydrogen (secondary N) is 2. The molecule has 0 bridgehead atoms. The zero-order valence-electron chi connectivity index (χ0n) is 11.8. The van der Waals surface area contributed by atoms with Crippen LogP contribution in [0.3, 0.4) is 0 Å². The molecule has 0 aromatic carbocycles. The lowest BCUT2D eigenvalue weighted by molar-refractivity contribution is 0.198. The Morgan fingerprint density at radius 1 is 1.45 bits per heavy atom. The van der Waals surface area contributed by atoms with Crippen LogP contribution >= 0.6 is 11.3 Å². The van der Waals surface area contributed by atoms with Crippen molar-refractivity contribution in [3.8, 4) is 0 Å². The molecule has 110 valence electrons. The number of anilines is 1. The Labute approximate surface area is 121 Å². The molecular formula is C12H19N5O2S. The van der Waals surface area contributed by atoms with Gasteiger partial charge in [-0.2, -0.15) is 0 Å². The molecule has 20 heavy (non-hydrogen) atoms. The number of nitrogens with zero attached hydrogens (tertiary/aromatic N) is 3. The Kier molecular flexibility index (Phi) is 5.45. The Hall–Kier alpha value is -1.51. The van der Waals surface area contributed by atoms with Crippen LogP contribution in [0.2, 0.25) is 0 Å². The lowest BCUT2D eigenvalue weighted by atomic mass is 10.3. The highest BCUT2D eigenvalue weighted by Gasteiger charge is 2.13. The van der Waals surface area contributed by atoms with Gasteiger partial charge in [-0.3, -0.25) is 0 Å². The van der Waals surface area contributed by atoms with Gasteiger partial charge in [0, 0.05) is 24.7 Å². The number of aromatic nitrogens is 3. The van der Waals surface area contributed by atoms with Crippen LogP contribution in [0.1, 0.15) is 29.6 Å². The molecule has 0 aliphatic carbocycles. The standard InChI is InChI=1S/C12H19N5O2S/c1-8-7-20-11(14-8)9(2)15-12-17-16-10(19-12)6-13-4-5-18-3/h7,9,13H,4-6H2,1-3H3,(H,15,17). The van der Waals surface area contributed by atoms with Gasteiger partial charge < -0.3 is 19.8 Å². The molecule has 1 unspecified atom stereocenters. The molecule has 0 amide bonds. The number of rotatable bonds is 8. The summed E-state index contributed by atoms with van der Waals surface area (Å²) in [4.78, 5) is 4.42. The summed E-state index contributed by atoms with van der Waals surface area (Å²) in [5, 5.41) is 17.2. The fourth-order valence-electron chi connectivity index (χ4n) is 1.57. The van der Waals surface area contributed by atoms with E-state index in [0.717, 1.165) is 17.2 Å². The average Bonchev–Trinajstić information content (AvgIpc) is 3.04. The summed E-state index contributed by atoms with van der Waals surface area (Å²) in [7, 11) is 1.66. The summed E-state index contributed by atoms with van der Waals surface area (Å²) in [5.74, 6) is 0.547. The monoisotopic (exact) mass is 297 g/mol. The molecule has 0 fully saturated rings. The van der Waals surface area contributed by atoms with Crippen LogP contribution in [0, 0.1) is 6.92 Å². The molecular weight excluding hydrogens is 278 g/mol. The van der Waals surface area contributed by atoms with Crippen LogP contribution in [0.5, 0.6) is 0 Å². The molecule has 2 heterocycles. The topological polar surface area (TPSA) is 85.1 Å². The van der Waals surface area contributed by atoms with Crippen LogP contribution in [0.4, 0.5) is 6.01 Å². The van der Waals surface area contributed by atoms with E-state index in [0.29, 0.717) is 25.1 Å². The van der Waals surface area contributed by atoms with Crippen molar-refractivity contribution in [2.24, 2.45) is 0 Å². The lowest BCUT2D eigenvalue weighted by Crippen LogP contribution is -2.18. The van der Waals surface area contributed by atoms with Gasteiger partial charge in [0.15, 0.2) is 0 Å². The van der Waals surface area contributed by atoms with E-state index in [2.05, 4.69) is 25.8 Å². The van der Waals surface area contributed by atoms with Crippen LogP contribution in [-0.4, -0.2) is 35.4 Å². The third-order valence-corrected chi connectivity index (χ3v) is 3.72. The normalized spacial score (nSPS) is 12.6. The predicted octanol–water partition coefficient (Wildman–Crippen LogP) is 1.74. The molecule has 2 N–H and O–H groups in total. The molecule has 2 aromatic heterocycles. The second-order valence-corrected chi connectivity index (χ2v) is 5.25. The van der Waals surface area contributed by atoms with E-state index in [1.807, 2.05) is 19.2 Å². The summed E-state index contributed by atoms with van der Waals surface area (Å²) < 4.78 is 10.4. The fraction of sp³-hybridized carbons (Fsp3) is 0.583. The highest BCUT2D eigenvalue weighted by Crippen LogP contribution is 2.21. The van der Waals surface area contributed by atoms with Crippen molar-refractivity contribution in [3.05, 3.63) is 22.0 Å². The first-order valence-corrected chi connectivity index (χ1v) is 7.27. The third kappa shape index (κ3) is 4.26. The largest absolute Gasteiger partial charge is 0.407 e. The summed E-state index contributed by atoms with van der Waals surface area (Å²) in [5.41, 5.74) is 1.02. The molecule has 7 nitrogen and oxygen atoms in total. The quantitative estimate of drug-likeness (QED) is 0.718. The zero-order chi connectivity index (χ0) is 14.4. The summed E-state index contributed by atoms with van der Waals surface area (Å²) >= 11 is 1.61. The summed E-state index contributed by atoms with van der Waals surface area (Å²) in [6, 6.07) is 0.456. The zero-order valence-corrected chi connectivity index (χ0v) is 12.7.